The van der Waals surface area contributed by atoms with Gasteiger partial charge in [-0.15, -0.1) is 0 Å². The maximum absolute atomic E-state index is 14.4. The highest BCUT2D eigenvalue weighted by molar-refractivity contribution is 14.1. The average molecular weight is 731 g/mol. The highest BCUT2D eigenvalue weighted by atomic mass is 127. The van der Waals surface area contributed by atoms with Crippen molar-refractivity contribution in [3.05, 3.63) is 99.8 Å². The van der Waals surface area contributed by atoms with E-state index in [2.05, 4.69) is 42.4 Å². The molecular weight excluding hydrogens is 695 g/mol. The fourth-order valence-electron chi connectivity index (χ4n) is 6.02. The monoisotopic (exact) mass is 730 g/mol. The smallest absolute Gasteiger partial charge is 0.338 e. The molecule has 0 aliphatic carbocycles. The molecule has 2 aromatic heterocycles. The van der Waals surface area contributed by atoms with Crippen LogP contribution in [0.1, 0.15) is 55.2 Å². The third-order valence-electron chi connectivity index (χ3n) is 8.41. The number of carbonyl (C=O) groups excluding carboxylic acids is 3. The van der Waals surface area contributed by atoms with Crippen molar-refractivity contribution in [3.63, 3.8) is 0 Å². The van der Waals surface area contributed by atoms with E-state index in [1.54, 1.807) is 41.4 Å². The summed E-state index contributed by atoms with van der Waals surface area (Å²) in [5, 5.41) is 0. The summed E-state index contributed by atoms with van der Waals surface area (Å²) in [6.07, 6.45) is 4.14. The van der Waals surface area contributed by atoms with Gasteiger partial charge in [-0.3, -0.25) is 19.6 Å². The van der Waals surface area contributed by atoms with Crippen molar-refractivity contribution in [1.82, 2.24) is 19.9 Å². The second-order valence-electron chi connectivity index (χ2n) is 12.7. The molecule has 0 bridgehead atoms. The molecule has 6 rings (SSSR count). The molecule has 11 heteroatoms. The summed E-state index contributed by atoms with van der Waals surface area (Å²) in [7, 11) is 0. The number of aromatic nitrogens is 3. The molecule has 2 saturated heterocycles. The van der Waals surface area contributed by atoms with Crippen molar-refractivity contribution in [2.75, 3.05) is 22.9 Å². The van der Waals surface area contributed by atoms with E-state index in [4.69, 9.17) is 4.74 Å². The quantitative estimate of drug-likeness (QED) is 0.0970. The molecule has 2 aromatic carbocycles. The molecule has 0 radical (unpaired) electrons. The summed E-state index contributed by atoms with van der Waals surface area (Å²) in [4.78, 5) is 59.3. The molecule has 2 aliphatic rings. The Bertz CT molecular complexity index is 1780. The summed E-state index contributed by atoms with van der Waals surface area (Å²) < 4.78 is 6.15. The van der Waals surface area contributed by atoms with Gasteiger partial charge in [-0.25, -0.2) is 24.5 Å². The van der Waals surface area contributed by atoms with Crippen LogP contribution in [0, 0.1) is 10.6 Å². The van der Waals surface area contributed by atoms with E-state index in [9.17, 15) is 14.4 Å². The lowest BCUT2D eigenvalue weighted by molar-refractivity contribution is -0.123. The van der Waals surface area contributed by atoms with Crippen LogP contribution in [0.5, 0.6) is 0 Å². The SMILES string of the molecule is Cc1cccnc1CN1CCC2(CC1)C(=O)N(c1ccc(-c3ccc(C(=O)OC(C)(C)C)cc3)cc1)C(=O)N2c1cc(I)ncn1. The predicted octanol–water partition coefficient (Wildman–Crippen LogP) is 6.41. The topological polar surface area (TPSA) is 109 Å². The molecular formula is C35H35IN6O4. The summed E-state index contributed by atoms with van der Waals surface area (Å²) in [6, 6.07) is 19.8. The van der Waals surface area contributed by atoms with Gasteiger partial charge in [-0.2, -0.15) is 0 Å². The van der Waals surface area contributed by atoms with Gasteiger partial charge in [0.15, 0.2) is 0 Å². The van der Waals surface area contributed by atoms with Gasteiger partial charge in [0, 0.05) is 31.9 Å². The average Bonchev–Trinajstić information content (AvgIpc) is 3.23. The van der Waals surface area contributed by atoms with Gasteiger partial charge in [0.25, 0.3) is 5.91 Å². The molecule has 4 aromatic rings. The lowest BCUT2D eigenvalue weighted by Gasteiger charge is -2.41. The van der Waals surface area contributed by atoms with Crippen molar-refractivity contribution >= 4 is 52.0 Å². The Hall–Kier alpha value is -4.23. The molecule has 2 fully saturated rings. The van der Waals surface area contributed by atoms with Crippen LogP contribution >= 0.6 is 22.6 Å². The number of hydrogen-bond acceptors (Lipinski definition) is 8. The summed E-state index contributed by atoms with van der Waals surface area (Å²) >= 11 is 2.09. The lowest BCUT2D eigenvalue weighted by Crippen LogP contribution is -2.57. The number of urea groups is 1. The van der Waals surface area contributed by atoms with Crippen LogP contribution in [-0.4, -0.2) is 62.0 Å². The number of halogens is 1. The van der Waals surface area contributed by atoms with Crippen LogP contribution in [0.4, 0.5) is 16.3 Å². The molecule has 0 N–H and O–H groups in total. The standard InChI is InChI=1S/C35H35IN6O4/c1-23-6-5-17-37-28(23)21-40-18-15-35(16-19-40)32(44)41(33(45)42(35)30-20-29(36)38-22-39-30)27-13-11-25(12-14-27)24-7-9-26(10-8-24)31(43)46-34(2,3)4/h5-14,17,20,22H,15-16,18-19,21H2,1-4H3. The number of anilines is 2. The number of nitrogens with zero attached hydrogens (tertiary/aromatic N) is 6. The van der Waals surface area contributed by atoms with Gasteiger partial charge in [0.2, 0.25) is 0 Å². The van der Waals surface area contributed by atoms with Gasteiger partial charge in [-0.05, 0) is 110 Å². The van der Waals surface area contributed by atoms with Gasteiger partial charge >= 0.3 is 12.0 Å². The van der Waals surface area contributed by atoms with Crippen LogP contribution in [0.25, 0.3) is 11.1 Å². The van der Waals surface area contributed by atoms with Gasteiger partial charge in [-0.1, -0.05) is 30.3 Å². The number of amides is 3. The van der Waals surface area contributed by atoms with Crippen LogP contribution in [0.3, 0.4) is 0 Å². The number of pyridine rings is 1. The van der Waals surface area contributed by atoms with Crippen molar-refractivity contribution in [2.45, 2.75) is 58.2 Å². The normalized spacial score (nSPS) is 16.7. The van der Waals surface area contributed by atoms with Crippen molar-refractivity contribution in [3.8, 4) is 11.1 Å². The molecule has 10 nitrogen and oxygen atoms in total. The Morgan fingerprint density at radius 2 is 1.59 bits per heavy atom. The van der Waals surface area contributed by atoms with Crippen LogP contribution in [0.2, 0.25) is 0 Å². The molecule has 0 atom stereocenters. The molecule has 2 aliphatic heterocycles. The van der Waals surface area contributed by atoms with E-state index in [0.29, 0.717) is 53.2 Å². The van der Waals surface area contributed by atoms with Crippen LogP contribution < -0.4 is 9.80 Å². The molecule has 0 saturated carbocycles. The third-order valence-corrected chi connectivity index (χ3v) is 9.00. The Morgan fingerprint density at radius 1 is 0.935 bits per heavy atom. The zero-order chi connectivity index (χ0) is 32.6. The van der Waals surface area contributed by atoms with Gasteiger partial charge < -0.3 is 4.74 Å². The number of ether oxygens (including phenoxy) is 1. The zero-order valence-corrected chi connectivity index (χ0v) is 28.4. The predicted molar refractivity (Wildman–Crippen MR) is 183 cm³/mol. The first-order valence-electron chi connectivity index (χ1n) is 15.2. The van der Waals surface area contributed by atoms with Crippen molar-refractivity contribution < 1.29 is 19.1 Å². The molecule has 236 valence electrons. The number of benzene rings is 2. The number of aryl methyl sites for hydroxylation is 1. The zero-order valence-electron chi connectivity index (χ0n) is 26.2. The first kappa shape index (κ1) is 31.7. The van der Waals surface area contributed by atoms with Crippen LogP contribution in [0.15, 0.2) is 79.3 Å². The van der Waals surface area contributed by atoms with Crippen molar-refractivity contribution in [1.29, 1.82) is 0 Å². The number of esters is 1. The summed E-state index contributed by atoms with van der Waals surface area (Å²) in [5.74, 6) is -0.222. The minimum Gasteiger partial charge on any atom is -0.456 e. The molecule has 4 heterocycles. The van der Waals surface area contributed by atoms with Crippen LogP contribution in [-0.2, 0) is 16.1 Å². The number of carbonyl (C=O) groups is 3. The first-order valence-corrected chi connectivity index (χ1v) is 16.3. The number of rotatable bonds is 6. The number of imide groups is 1. The van der Waals surface area contributed by atoms with E-state index in [-0.39, 0.29) is 11.9 Å². The number of piperidine rings is 1. The minimum absolute atomic E-state index is 0.255. The third kappa shape index (κ3) is 6.25. The Kier molecular flexibility index (Phi) is 8.64. The molecule has 3 amide bonds. The first-order chi connectivity index (χ1) is 21.9. The Labute approximate surface area is 281 Å². The lowest BCUT2D eigenvalue weighted by atomic mass is 9.85. The maximum Gasteiger partial charge on any atom is 0.338 e. The maximum atomic E-state index is 14.4. The highest BCUT2D eigenvalue weighted by Gasteiger charge is 2.59. The highest BCUT2D eigenvalue weighted by Crippen LogP contribution is 2.42. The fourth-order valence-corrected chi connectivity index (χ4v) is 6.42. The van der Waals surface area contributed by atoms with E-state index >= 15 is 0 Å². The number of likely N-dealkylation sites (tertiary alicyclic amines) is 1. The van der Waals surface area contributed by atoms with E-state index in [1.165, 1.54) is 11.2 Å². The van der Waals surface area contributed by atoms with E-state index in [0.717, 1.165) is 22.4 Å². The molecule has 46 heavy (non-hydrogen) atoms. The van der Waals surface area contributed by atoms with E-state index < -0.39 is 17.2 Å². The minimum atomic E-state index is -1.07. The number of hydrogen-bond donors (Lipinski definition) is 0. The second-order valence-corrected chi connectivity index (χ2v) is 13.8. The fraction of sp³-hybridized carbons (Fsp3) is 0.314. The van der Waals surface area contributed by atoms with E-state index in [1.807, 2.05) is 64.1 Å². The second kappa shape index (κ2) is 12.5. The summed E-state index contributed by atoms with van der Waals surface area (Å²) in [5.41, 5.74) is 3.22. The summed E-state index contributed by atoms with van der Waals surface area (Å²) in [6.45, 7) is 9.48. The van der Waals surface area contributed by atoms with Gasteiger partial charge in [0.1, 0.15) is 27.0 Å². The Morgan fingerprint density at radius 3 is 2.20 bits per heavy atom. The van der Waals surface area contributed by atoms with Crippen molar-refractivity contribution in [2.24, 2.45) is 0 Å². The largest absolute Gasteiger partial charge is 0.456 e. The van der Waals surface area contributed by atoms with Gasteiger partial charge in [0.05, 0.1) is 16.9 Å². The molecule has 1 spiro atoms. The Balaban J connectivity index is 1.25. The molecule has 0 unspecified atom stereocenters.